The molecule has 0 aliphatic carbocycles. The Hall–Kier alpha value is -2.33. The Morgan fingerprint density at radius 2 is 1.85 bits per heavy atom. The molecule has 9 heteroatoms. The highest BCUT2D eigenvalue weighted by molar-refractivity contribution is 9.10. The summed E-state index contributed by atoms with van der Waals surface area (Å²) in [4.78, 5) is 22.5. The van der Waals surface area contributed by atoms with Gasteiger partial charge in [-0.25, -0.2) is 0 Å². The minimum absolute atomic E-state index is 0.0168. The summed E-state index contributed by atoms with van der Waals surface area (Å²) >= 11 is 11.5. The number of aliphatic hydroxyl groups excluding tert-OH is 1. The van der Waals surface area contributed by atoms with Gasteiger partial charge in [-0.3, -0.25) is 9.69 Å². The first kappa shape index (κ1) is 27.8. The number of carbonyl (C=O) groups is 1. The molecule has 1 aromatic heterocycles. The second-order valence-electron chi connectivity index (χ2n) is 10.6. The molecule has 40 heavy (non-hydrogen) atoms. The second-order valence-corrected chi connectivity index (χ2v) is 13.3. The van der Waals surface area contributed by atoms with Gasteiger partial charge in [0.2, 0.25) is 5.91 Å². The molecule has 3 atom stereocenters. The third kappa shape index (κ3) is 5.33. The maximum Gasteiger partial charge on any atom is 0.225 e. The maximum absolute atomic E-state index is 14.1. The smallest absolute Gasteiger partial charge is 0.225 e. The Kier molecular flexibility index (Phi) is 8.00. The number of benzene rings is 3. The van der Waals surface area contributed by atoms with Crippen molar-refractivity contribution in [3.8, 4) is 0 Å². The van der Waals surface area contributed by atoms with Crippen LogP contribution >= 0.6 is 39.3 Å². The fraction of sp³-hybridized carbons (Fsp3) is 0.323. The van der Waals surface area contributed by atoms with E-state index in [9.17, 15) is 9.90 Å². The summed E-state index contributed by atoms with van der Waals surface area (Å²) in [6.07, 6.45) is 1.30. The number of aromatic amines is 1. The minimum atomic E-state index is -0.885. The van der Waals surface area contributed by atoms with Gasteiger partial charge in [-0.05, 0) is 48.9 Å². The SMILES string of the molecule is Cc1ccc(SC2(C(O)N3CCOCC3)CC(=O)N(Cc3ccc(Br)cc3)C2c2c[nH]c3cc(Cl)ccc23)cc1. The number of carbonyl (C=O) groups excluding carboxylic acids is 1. The maximum atomic E-state index is 14.1. The number of nitrogens with one attached hydrogen (secondary N) is 1. The Morgan fingerprint density at radius 1 is 1.12 bits per heavy atom. The number of halogens is 2. The highest BCUT2D eigenvalue weighted by atomic mass is 79.9. The molecule has 2 saturated heterocycles. The summed E-state index contributed by atoms with van der Waals surface area (Å²) < 4.78 is 5.72. The van der Waals surface area contributed by atoms with Crippen LogP contribution in [0.25, 0.3) is 10.9 Å². The molecule has 0 radical (unpaired) electrons. The fourth-order valence-electron chi connectivity index (χ4n) is 5.92. The molecular weight excluding hydrogens is 610 g/mol. The van der Waals surface area contributed by atoms with E-state index in [2.05, 4.69) is 57.0 Å². The standard InChI is InChI=1S/C31H31BrClN3O3S/c1-20-2-9-24(10-3-20)40-31(30(38)35-12-14-39-15-13-35)17-28(37)36(19-21-4-6-22(32)7-5-21)29(31)26-18-34-27-16-23(33)8-11-25(26)27/h2-11,16,18,29-30,34,38H,12-15,17,19H2,1H3. The van der Waals surface area contributed by atoms with Gasteiger partial charge in [-0.2, -0.15) is 0 Å². The topological polar surface area (TPSA) is 68.8 Å². The van der Waals surface area contributed by atoms with E-state index in [4.69, 9.17) is 16.3 Å². The van der Waals surface area contributed by atoms with Crippen molar-refractivity contribution in [1.82, 2.24) is 14.8 Å². The van der Waals surface area contributed by atoms with Gasteiger partial charge in [0, 0.05) is 63.1 Å². The van der Waals surface area contributed by atoms with Gasteiger partial charge >= 0.3 is 0 Å². The zero-order valence-corrected chi connectivity index (χ0v) is 25.3. The fourth-order valence-corrected chi connectivity index (χ4v) is 7.88. The normalized spacial score (nSPS) is 22.8. The summed E-state index contributed by atoms with van der Waals surface area (Å²) in [6.45, 7) is 4.81. The molecule has 6 nitrogen and oxygen atoms in total. The van der Waals surface area contributed by atoms with Gasteiger partial charge < -0.3 is 19.7 Å². The van der Waals surface area contributed by atoms with Crippen LogP contribution < -0.4 is 0 Å². The molecule has 3 unspecified atom stereocenters. The van der Waals surface area contributed by atoms with Crippen molar-refractivity contribution in [2.75, 3.05) is 26.3 Å². The Balaban J connectivity index is 1.52. The van der Waals surface area contributed by atoms with Crippen molar-refractivity contribution >= 4 is 56.1 Å². The van der Waals surface area contributed by atoms with Crippen LogP contribution in [0, 0.1) is 6.92 Å². The van der Waals surface area contributed by atoms with Crippen LogP contribution in [0.5, 0.6) is 0 Å². The summed E-state index contributed by atoms with van der Waals surface area (Å²) in [7, 11) is 0. The van der Waals surface area contributed by atoms with Gasteiger partial charge in [0.05, 0.1) is 24.0 Å². The van der Waals surface area contributed by atoms with E-state index in [1.165, 1.54) is 0 Å². The first-order chi connectivity index (χ1) is 19.3. The molecule has 2 aliphatic heterocycles. The van der Waals surface area contributed by atoms with Crippen molar-refractivity contribution in [3.63, 3.8) is 0 Å². The highest BCUT2D eigenvalue weighted by Gasteiger charge is 2.59. The monoisotopic (exact) mass is 639 g/mol. The number of fused-ring (bicyclic) bond motifs is 1. The number of likely N-dealkylation sites (tertiary alicyclic amines) is 1. The van der Waals surface area contributed by atoms with Gasteiger partial charge in [-0.15, -0.1) is 11.8 Å². The molecule has 1 amide bonds. The average Bonchev–Trinajstić information content (AvgIpc) is 3.48. The van der Waals surface area contributed by atoms with Crippen molar-refractivity contribution < 1.29 is 14.6 Å². The number of rotatable bonds is 7. The molecule has 3 heterocycles. The first-order valence-electron chi connectivity index (χ1n) is 13.4. The molecule has 2 aliphatic rings. The molecule has 0 saturated carbocycles. The first-order valence-corrected chi connectivity index (χ1v) is 15.4. The number of morpholine rings is 1. The zero-order valence-electron chi connectivity index (χ0n) is 22.1. The molecule has 3 aromatic carbocycles. The molecular formula is C31H31BrClN3O3S. The number of H-pyrrole nitrogens is 1. The number of hydrogen-bond donors (Lipinski definition) is 2. The lowest BCUT2D eigenvalue weighted by Gasteiger charge is -2.45. The largest absolute Gasteiger partial charge is 0.379 e. The van der Waals surface area contributed by atoms with Crippen LogP contribution in [-0.2, 0) is 16.1 Å². The third-order valence-corrected chi connectivity index (χ3v) is 10.1. The number of hydrogen-bond acceptors (Lipinski definition) is 5. The summed E-state index contributed by atoms with van der Waals surface area (Å²) in [5.74, 6) is 0.0168. The lowest BCUT2D eigenvalue weighted by Crippen LogP contribution is -2.56. The molecule has 208 valence electrons. The van der Waals surface area contributed by atoms with E-state index in [0.717, 1.165) is 37.0 Å². The average molecular weight is 641 g/mol. The summed E-state index contributed by atoms with van der Waals surface area (Å²) in [6, 6.07) is 21.8. The van der Waals surface area contributed by atoms with E-state index in [0.29, 0.717) is 37.9 Å². The van der Waals surface area contributed by atoms with Crippen molar-refractivity contribution in [2.45, 2.75) is 41.8 Å². The lowest BCUT2D eigenvalue weighted by molar-refractivity contribution is -0.129. The van der Waals surface area contributed by atoms with E-state index < -0.39 is 17.0 Å². The summed E-state index contributed by atoms with van der Waals surface area (Å²) in [5.41, 5.74) is 4.07. The van der Waals surface area contributed by atoms with Gasteiger partial charge in [0.25, 0.3) is 0 Å². The van der Waals surface area contributed by atoms with Gasteiger partial charge in [0.15, 0.2) is 0 Å². The number of amides is 1. The van der Waals surface area contributed by atoms with Crippen molar-refractivity contribution in [3.05, 3.63) is 99.1 Å². The molecule has 6 rings (SSSR count). The van der Waals surface area contributed by atoms with Crippen LogP contribution in [0.2, 0.25) is 5.02 Å². The number of aromatic nitrogens is 1. The van der Waals surface area contributed by atoms with Crippen LogP contribution in [0.15, 0.2) is 82.3 Å². The molecule has 2 N–H and O–H groups in total. The van der Waals surface area contributed by atoms with E-state index in [1.54, 1.807) is 11.8 Å². The highest BCUT2D eigenvalue weighted by Crippen LogP contribution is 2.56. The molecule has 0 bridgehead atoms. The van der Waals surface area contributed by atoms with Crippen LogP contribution in [-0.4, -0.2) is 63.1 Å². The predicted octanol–water partition coefficient (Wildman–Crippen LogP) is 6.55. The van der Waals surface area contributed by atoms with Gasteiger partial charge in [0.1, 0.15) is 6.23 Å². The minimum Gasteiger partial charge on any atom is -0.379 e. The second kappa shape index (κ2) is 11.5. The Morgan fingerprint density at radius 3 is 2.58 bits per heavy atom. The number of ether oxygens (including phenoxy) is 1. The van der Waals surface area contributed by atoms with Crippen molar-refractivity contribution in [1.29, 1.82) is 0 Å². The number of aryl methyl sites for hydroxylation is 1. The predicted molar refractivity (Wildman–Crippen MR) is 164 cm³/mol. The van der Waals surface area contributed by atoms with Crippen LogP contribution in [0.3, 0.4) is 0 Å². The van der Waals surface area contributed by atoms with Crippen LogP contribution in [0.4, 0.5) is 0 Å². The van der Waals surface area contributed by atoms with E-state index in [1.807, 2.05) is 53.6 Å². The number of nitrogens with zero attached hydrogens (tertiary/aromatic N) is 2. The van der Waals surface area contributed by atoms with E-state index in [-0.39, 0.29) is 12.3 Å². The van der Waals surface area contributed by atoms with Gasteiger partial charge in [-0.1, -0.05) is 63.4 Å². The Bertz CT molecular complexity index is 1510. The number of thioether (sulfide) groups is 1. The molecule has 2 fully saturated rings. The quantitative estimate of drug-likeness (QED) is 0.240. The van der Waals surface area contributed by atoms with Crippen LogP contribution in [0.1, 0.15) is 29.2 Å². The van der Waals surface area contributed by atoms with Crippen molar-refractivity contribution in [2.24, 2.45) is 0 Å². The van der Waals surface area contributed by atoms with E-state index >= 15 is 0 Å². The molecule has 0 spiro atoms. The molecule has 4 aromatic rings. The Labute approximate surface area is 251 Å². The lowest BCUT2D eigenvalue weighted by atomic mass is 9.89. The number of aliphatic hydroxyl groups is 1. The third-order valence-electron chi connectivity index (χ3n) is 7.92. The zero-order chi connectivity index (χ0) is 27.9. The summed E-state index contributed by atoms with van der Waals surface area (Å²) in [5, 5.41) is 13.9.